The maximum atomic E-state index is 11.9. The minimum atomic E-state index is -0.389. The van der Waals surface area contributed by atoms with Crippen LogP contribution in [0.4, 0.5) is 0 Å². The first-order valence-corrected chi connectivity index (χ1v) is 5.60. The molecule has 4 nitrogen and oxygen atoms in total. The van der Waals surface area contributed by atoms with Crippen molar-refractivity contribution >= 4 is 21.8 Å². The summed E-state index contributed by atoms with van der Waals surface area (Å²) in [4.78, 5) is 16.3. The Labute approximate surface area is 103 Å². The van der Waals surface area contributed by atoms with Crippen LogP contribution in [0.2, 0.25) is 0 Å². The van der Waals surface area contributed by atoms with E-state index < -0.39 is 0 Å². The van der Waals surface area contributed by atoms with Gasteiger partial charge in [0.05, 0.1) is 16.4 Å². The summed E-state index contributed by atoms with van der Waals surface area (Å²) in [5, 5.41) is 10.7. The Morgan fingerprint density at radius 2 is 1.94 bits per heavy atom. The van der Waals surface area contributed by atoms with Crippen molar-refractivity contribution in [2.45, 2.75) is 13.8 Å². The van der Waals surface area contributed by atoms with Gasteiger partial charge < -0.3 is 9.52 Å². The lowest BCUT2D eigenvalue weighted by Gasteiger charge is -2.06. The number of benzene rings is 1. The SMILES string of the molecule is Cc1cc2nc3ccc(O)cc3c(C)c2c(=O)o1. The molecule has 1 aromatic carbocycles. The quantitative estimate of drug-likeness (QED) is 0.614. The van der Waals surface area contributed by atoms with Crippen molar-refractivity contribution in [2.24, 2.45) is 0 Å². The number of fused-ring (bicyclic) bond motifs is 2. The van der Waals surface area contributed by atoms with Crippen molar-refractivity contribution in [1.29, 1.82) is 0 Å². The van der Waals surface area contributed by atoms with Crippen LogP contribution in [0.5, 0.6) is 5.75 Å². The second-order valence-corrected chi connectivity index (χ2v) is 4.34. The van der Waals surface area contributed by atoms with Crippen molar-refractivity contribution in [3.63, 3.8) is 0 Å². The lowest BCUT2D eigenvalue weighted by molar-refractivity contribution is 0.476. The fraction of sp³-hybridized carbons (Fsp3) is 0.143. The van der Waals surface area contributed by atoms with Gasteiger partial charge in [-0.15, -0.1) is 0 Å². The minimum absolute atomic E-state index is 0.156. The Morgan fingerprint density at radius 3 is 2.72 bits per heavy atom. The molecule has 90 valence electrons. The van der Waals surface area contributed by atoms with E-state index in [9.17, 15) is 9.90 Å². The van der Waals surface area contributed by atoms with Crippen LogP contribution in [0.25, 0.3) is 21.8 Å². The largest absolute Gasteiger partial charge is 0.508 e. The van der Waals surface area contributed by atoms with Crippen molar-refractivity contribution in [3.05, 3.63) is 46.0 Å². The highest BCUT2D eigenvalue weighted by molar-refractivity contribution is 5.97. The van der Waals surface area contributed by atoms with Gasteiger partial charge in [0.15, 0.2) is 0 Å². The summed E-state index contributed by atoms with van der Waals surface area (Å²) in [5.74, 6) is 0.695. The molecule has 0 amide bonds. The van der Waals surface area contributed by atoms with Gasteiger partial charge in [0.1, 0.15) is 11.5 Å². The Kier molecular flexibility index (Phi) is 2.13. The first kappa shape index (κ1) is 10.8. The summed E-state index contributed by atoms with van der Waals surface area (Å²) in [6.07, 6.45) is 0. The number of hydrogen-bond donors (Lipinski definition) is 1. The van der Waals surface area contributed by atoms with E-state index >= 15 is 0 Å². The molecule has 0 fully saturated rings. The number of phenols is 1. The molecular weight excluding hydrogens is 230 g/mol. The third-order valence-electron chi connectivity index (χ3n) is 3.05. The van der Waals surface area contributed by atoms with Gasteiger partial charge in [0.25, 0.3) is 0 Å². The summed E-state index contributed by atoms with van der Waals surface area (Å²) >= 11 is 0. The van der Waals surface area contributed by atoms with Crippen LogP contribution in [0, 0.1) is 13.8 Å². The number of phenolic OH excluding ortho intramolecular Hbond substituents is 1. The molecule has 0 unspecified atom stereocenters. The number of pyridine rings is 1. The molecule has 18 heavy (non-hydrogen) atoms. The molecule has 2 heterocycles. The fourth-order valence-electron chi connectivity index (χ4n) is 2.22. The molecule has 2 aromatic heterocycles. The number of nitrogens with zero attached hydrogens (tertiary/aromatic N) is 1. The van der Waals surface area contributed by atoms with Crippen molar-refractivity contribution in [2.75, 3.05) is 0 Å². The van der Waals surface area contributed by atoms with E-state index in [0.717, 1.165) is 16.5 Å². The summed E-state index contributed by atoms with van der Waals surface area (Å²) in [5.41, 5.74) is 1.77. The van der Waals surface area contributed by atoms with Gasteiger partial charge in [0.2, 0.25) is 0 Å². The van der Waals surface area contributed by atoms with E-state index in [2.05, 4.69) is 4.98 Å². The van der Waals surface area contributed by atoms with Crippen molar-refractivity contribution < 1.29 is 9.52 Å². The first-order chi connectivity index (χ1) is 8.56. The average Bonchev–Trinajstić information content (AvgIpc) is 2.29. The Hall–Kier alpha value is -2.36. The third kappa shape index (κ3) is 1.46. The van der Waals surface area contributed by atoms with E-state index in [-0.39, 0.29) is 11.4 Å². The molecule has 0 aliphatic carbocycles. The van der Waals surface area contributed by atoms with Gasteiger partial charge >= 0.3 is 5.63 Å². The van der Waals surface area contributed by atoms with Gasteiger partial charge in [0, 0.05) is 11.5 Å². The lowest BCUT2D eigenvalue weighted by Crippen LogP contribution is -2.04. The standard InChI is InChI=1S/C14H11NO3/c1-7-5-12-13(14(17)18-7)8(2)10-6-9(16)3-4-11(10)15-12/h3-6,16H,1-2H3. The molecule has 0 saturated heterocycles. The number of aryl methyl sites for hydroxylation is 2. The molecule has 0 aliphatic heterocycles. The van der Waals surface area contributed by atoms with Gasteiger partial charge in [-0.1, -0.05) is 0 Å². The molecule has 0 aliphatic rings. The molecule has 0 radical (unpaired) electrons. The van der Waals surface area contributed by atoms with Crippen LogP contribution < -0.4 is 5.63 Å². The lowest BCUT2D eigenvalue weighted by atomic mass is 10.1. The highest BCUT2D eigenvalue weighted by Gasteiger charge is 2.11. The van der Waals surface area contributed by atoms with Crippen LogP contribution in [-0.4, -0.2) is 10.1 Å². The summed E-state index contributed by atoms with van der Waals surface area (Å²) in [6, 6.07) is 6.67. The van der Waals surface area contributed by atoms with E-state index in [0.29, 0.717) is 16.7 Å². The minimum Gasteiger partial charge on any atom is -0.508 e. The van der Waals surface area contributed by atoms with Gasteiger partial charge in [-0.3, -0.25) is 0 Å². The topological polar surface area (TPSA) is 63.3 Å². The fourth-order valence-corrected chi connectivity index (χ4v) is 2.22. The second-order valence-electron chi connectivity index (χ2n) is 4.34. The van der Waals surface area contributed by atoms with Crippen LogP contribution in [0.3, 0.4) is 0 Å². The zero-order valence-corrected chi connectivity index (χ0v) is 10.0. The van der Waals surface area contributed by atoms with Crippen LogP contribution >= 0.6 is 0 Å². The van der Waals surface area contributed by atoms with Crippen molar-refractivity contribution in [1.82, 2.24) is 4.98 Å². The maximum absolute atomic E-state index is 11.9. The molecule has 0 atom stereocenters. The van der Waals surface area contributed by atoms with Crippen molar-refractivity contribution in [3.8, 4) is 5.75 Å². The summed E-state index contributed by atoms with van der Waals surface area (Å²) in [6.45, 7) is 3.55. The second kappa shape index (κ2) is 3.57. The molecule has 0 saturated carbocycles. The Bertz CT molecular complexity index is 834. The number of rotatable bonds is 0. The smallest absolute Gasteiger partial charge is 0.345 e. The van der Waals surface area contributed by atoms with Crippen LogP contribution in [0.1, 0.15) is 11.3 Å². The van der Waals surface area contributed by atoms with Gasteiger partial charge in [-0.2, -0.15) is 0 Å². The zero-order valence-electron chi connectivity index (χ0n) is 10.0. The predicted molar refractivity (Wildman–Crippen MR) is 68.9 cm³/mol. The summed E-state index contributed by atoms with van der Waals surface area (Å²) < 4.78 is 5.09. The highest BCUT2D eigenvalue weighted by atomic mass is 16.4. The Morgan fingerprint density at radius 1 is 1.17 bits per heavy atom. The van der Waals surface area contributed by atoms with E-state index in [1.807, 2.05) is 6.92 Å². The third-order valence-corrected chi connectivity index (χ3v) is 3.05. The molecule has 0 spiro atoms. The number of hydrogen-bond acceptors (Lipinski definition) is 4. The van der Waals surface area contributed by atoms with Crippen LogP contribution in [0.15, 0.2) is 33.5 Å². The molecule has 3 rings (SSSR count). The monoisotopic (exact) mass is 241 g/mol. The highest BCUT2D eigenvalue weighted by Crippen LogP contribution is 2.26. The van der Waals surface area contributed by atoms with Crippen LogP contribution in [-0.2, 0) is 0 Å². The predicted octanol–water partition coefficient (Wildman–Crippen LogP) is 2.66. The average molecular weight is 241 g/mol. The maximum Gasteiger partial charge on any atom is 0.345 e. The molecule has 1 N–H and O–H groups in total. The normalized spacial score (nSPS) is 11.2. The molecule has 4 heteroatoms. The van der Waals surface area contributed by atoms with Gasteiger partial charge in [-0.25, -0.2) is 9.78 Å². The van der Waals surface area contributed by atoms with Gasteiger partial charge in [-0.05, 0) is 37.6 Å². The number of aromatic hydroxyl groups is 1. The molecule has 3 aromatic rings. The zero-order chi connectivity index (χ0) is 12.9. The van der Waals surface area contributed by atoms with E-state index in [1.54, 1.807) is 31.2 Å². The first-order valence-electron chi connectivity index (χ1n) is 5.60. The number of aromatic nitrogens is 1. The molecule has 0 bridgehead atoms. The van der Waals surface area contributed by atoms with E-state index in [4.69, 9.17) is 4.42 Å². The summed E-state index contributed by atoms with van der Waals surface area (Å²) in [7, 11) is 0. The Balaban J connectivity index is 2.61. The molecular formula is C14H11NO3. The van der Waals surface area contributed by atoms with E-state index in [1.165, 1.54) is 0 Å².